The molecule has 1 aromatic heterocycles. The van der Waals surface area contributed by atoms with E-state index in [0.29, 0.717) is 11.1 Å². The van der Waals surface area contributed by atoms with Crippen molar-refractivity contribution in [3.63, 3.8) is 0 Å². The maximum Gasteiger partial charge on any atom is 0.317 e. The summed E-state index contributed by atoms with van der Waals surface area (Å²) < 4.78 is 17.2. The Labute approximate surface area is 87.3 Å². The molecule has 0 aliphatic rings. The van der Waals surface area contributed by atoms with Crippen molar-refractivity contribution in [1.82, 2.24) is 4.98 Å². The number of rotatable bonds is 1. The van der Waals surface area contributed by atoms with Crippen LogP contribution in [0.3, 0.4) is 0 Å². The van der Waals surface area contributed by atoms with Gasteiger partial charge in [0.1, 0.15) is 6.42 Å². The second-order valence-electron chi connectivity index (χ2n) is 2.89. The van der Waals surface area contributed by atoms with E-state index in [4.69, 9.17) is 0 Å². The number of methoxy groups -OCH3 is 1. The molecule has 4 heteroatoms. The van der Waals surface area contributed by atoms with Gasteiger partial charge in [-0.1, -0.05) is 11.8 Å². The largest absolute Gasteiger partial charge is 0.468 e. The monoisotopic (exact) mass is 207 g/mol. The van der Waals surface area contributed by atoms with Crippen LogP contribution < -0.4 is 0 Å². The maximum absolute atomic E-state index is 12.8. The van der Waals surface area contributed by atoms with E-state index in [9.17, 15) is 9.18 Å². The molecule has 0 saturated heterocycles. The molecule has 0 spiro atoms. The summed E-state index contributed by atoms with van der Waals surface area (Å²) in [4.78, 5) is 14.2. The molecule has 0 aliphatic carbocycles. The van der Waals surface area contributed by atoms with Crippen molar-refractivity contribution >= 4 is 5.97 Å². The molecule has 78 valence electrons. The lowest BCUT2D eigenvalue weighted by Gasteiger charge is -1.94. The number of aromatic nitrogens is 1. The zero-order chi connectivity index (χ0) is 11.3. The highest BCUT2D eigenvalue weighted by Crippen LogP contribution is 2.04. The molecule has 3 nitrogen and oxygen atoms in total. The van der Waals surface area contributed by atoms with Crippen molar-refractivity contribution in [2.45, 2.75) is 13.3 Å². The van der Waals surface area contributed by atoms with Gasteiger partial charge in [-0.3, -0.25) is 4.79 Å². The lowest BCUT2D eigenvalue weighted by Crippen LogP contribution is -1.97. The van der Waals surface area contributed by atoms with Gasteiger partial charge in [-0.05, 0) is 13.0 Å². The third-order valence-electron chi connectivity index (χ3n) is 1.71. The van der Waals surface area contributed by atoms with Crippen LogP contribution in [0.1, 0.15) is 17.5 Å². The van der Waals surface area contributed by atoms with Crippen molar-refractivity contribution in [2.75, 3.05) is 7.11 Å². The molecule has 0 aliphatic heterocycles. The smallest absolute Gasteiger partial charge is 0.317 e. The Morgan fingerprint density at radius 3 is 3.00 bits per heavy atom. The summed E-state index contributed by atoms with van der Waals surface area (Å²) >= 11 is 0. The molecule has 1 aromatic rings. The van der Waals surface area contributed by atoms with E-state index in [2.05, 4.69) is 21.6 Å². The van der Waals surface area contributed by atoms with Crippen LogP contribution in [-0.2, 0) is 9.53 Å². The van der Waals surface area contributed by atoms with Crippen molar-refractivity contribution in [3.05, 3.63) is 29.3 Å². The Morgan fingerprint density at radius 1 is 1.67 bits per heavy atom. The summed E-state index contributed by atoms with van der Waals surface area (Å²) in [5, 5.41) is 0. The highest BCUT2D eigenvalue weighted by Gasteiger charge is 1.98. The molecule has 0 N–H and O–H groups in total. The first kappa shape index (κ1) is 11.2. The second kappa shape index (κ2) is 5.11. The standard InChI is InChI=1S/C11H10FNO2/c1-8-6-9(7-13-11(8)12)4-3-5-10(14)15-2/h6-7H,5H2,1-2H3. The maximum atomic E-state index is 12.8. The van der Waals surface area contributed by atoms with E-state index in [1.165, 1.54) is 13.3 Å². The lowest BCUT2D eigenvalue weighted by atomic mass is 10.2. The van der Waals surface area contributed by atoms with E-state index in [0.717, 1.165) is 0 Å². The van der Waals surface area contributed by atoms with Gasteiger partial charge in [0, 0.05) is 17.3 Å². The summed E-state index contributed by atoms with van der Waals surface area (Å²) in [6, 6.07) is 1.58. The Kier molecular flexibility index (Phi) is 3.81. The number of carbonyl (C=O) groups excluding carboxylic acids is 1. The highest BCUT2D eigenvalue weighted by atomic mass is 19.1. The Bertz CT molecular complexity index is 432. The fourth-order valence-electron chi connectivity index (χ4n) is 0.917. The summed E-state index contributed by atoms with van der Waals surface area (Å²) in [6.07, 6.45) is 1.35. The quantitative estimate of drug-likeness (QED) is 0.397. The molecular weight excluding hydrogens is 197 g/mol. The number of pyridine rings is 1. The molecule has 0 radical (unpaired) electrons. The van der Waals surface area contributed by atoms with Crippen LogP contribution in [0.2, 0.25) is 0 Å². The van der Waals surface area contributed by atoms with Gasteiger partial charge in [0.2, 0.25) is 5.95 Å². The lowest BCUT2D eigenvalue weighted by molar-refractivity contribution is -0.139. The third kappa shape index (κ3) is 3.39. The van der Waals surface area contributed by atoms with Gasteiger partial charge in [-0.25, -0.2) is 4.98 Å². The van der Waals surface area contributed by atoms with E-state index in [-0.39, 0.29) is 6.42 Å². The zero-order valence-electron chi connectivity index (χ0n) is 8.50. The van der Waals surface area contributed by atoms with Crippen LogP contribution >= 0.6 is 0 Å². The number of nitrogens with zero attached hydrogens (tertiary/aromatic N) is 1. The average Bonchev–Trinajstić information content (AvgIpc) is 2.23. The van der Waals surface area contributed by atoms with Crippen molar-refractivity contribution in [1.29, 1.82) is 0 Å². The van der Waals surface area contributed by atoms with Gasteiger partial charge >= 0.3 is 5.97 Å². The van der Waals surface area contributed by atoms with Gasteiger partial charge in [0.15, 0.2) is 0 Å². The molecule has 15 heavy (non-hydrogen) atoms. The normalized spacial score (nSPS) is 9.00. The molecule has 0 fully saturated rings. The van der Waals surface area contributed by atoms with Crippen LogP contribution in [0.5, 0.6) is 0 Å². The predicted molar refractivity (Wildman–Crippen MR) is 52.4 cm³/mol. The number of carbonyl (C=O) groups is 1. The second-order valence-corrected chi connectivity index (χ2v) is 2.89. The summed E-state index contributed by atoms with van der Waals surface area (Å²) in [5.74, 6) is 4.41. The molecule has 0 aromatic carbocycles. The number of esters is 1. The van der Waals surface area contributed by atoms with Crippen molar-refractivity contribution in [2.24, 2.45) is 0 Å². The van der Waals surface area contributed by atoms with Crippen LogP contribution in [0.15, 0.2) is 12.3 Å². The number of ether oxygens (including phenoxy) is 1. The van der Waals surface area contributed by atoms with Crippen LogP contribution in [-0.4, -0.2) is 18.1 Å². The zero-order valence-corrected chi connectivity index (χ0v) is 8.50. The molecule has 0 saturated carbocycles. The fourth-order valence-corrected chi connectivity index (χ4v) is 0.917. The molecular formula is C11H10FNO2. The van der Waals surface area contributed by atoms with E-state index >= 15 is 0 Å². The number of hydrogen-bond acceptors (Lipinski definition) is 3. The van der Waals surface area contributed by atoms with E-state index in [1.54, 1.807) is 13.0 Å². The first-order valence-corrected chi connectivity index (χ1v) is 4.31. The van der Waals surface area contributed by atoms with Gasteiger partial charge in [-0.15, -0.1) is 0 Å². The summed E-state index contributed by atoms with van der Waals surface area (Å²) in [6.45, 7) is 1.60. The number of aryl methyl sites for hydroxylation is 1. The molecule has 1 rings (SSSR count). The summed E-state index contributed by atoms with van der Waals surface area (Å²) in [7, 11) is 1.30. The first-order chi connectivity index (χ1) is 7.13. The molecule has 0 unspecified atom stereocenters. The summed E-state index contributed by atoms with van der Waals surface area (Å²) in [5.41, 5.74) is 1.01. The molecule has 0 atom stereocenters. The molecule has 0 bridgehead atoms. The van der Waals surface area contributed by atoms with Gasteiger partial charge < -0.3 is 4.74 Å². The Hall–Kier alpha value is -1.89. The minimum absolute atomic E-state index is 0.0208. The number of hydrogen-bond donors (Lipinski definition) is 0. The van der Waals surface area contributed by atoms with E-state index < -0.39 is 11.9 Å². The van der Waals surface area contributed by atoms with Gasteiger partial charge in [-0.2, -0.15) is 4.39 Å². The highest BCUT2D eigenvalue weighted by molar-refractivity contribution is 5.72. The number of halogens is 1. The van der Waals surface area contributed by atoms with Crippen LogP contribution in [0.4, 0.5) is 4.39 Å². The Balaban J connectivity index is 2.72. The first-order valence-electron chi connectivity index (χ1n) is 4.31. The minimum Gasteiger partial charge on any atom is -0.468 e. The Morgan fingerprint density at radius 2 is 2.40 bits per heavy atom. The fraction of sp³-hybridized carbons (Fsp3) is 0.273. The third-order valence-corrected chi connectivity index (χ3v) is 1.71. The average molecular weight is 207 g/mol. The van der Waals surface area contributed by atoms with Gasteiger partial charge in [0.25, 0.3) is 0 Å². The van der Waals surface area contributed by atoms with Crippen LogP contribution in [0.25, 0.3) is 0 Å². The predicted octanol–water partition coefficient (Wildman–Crippen LogP) is 1.44. The molecule has 1 heterocycles. The topological polar surface area (TPSA) is 39.2 Å². The minimum atomic E-state index is -0.506. The SMILES string of the molecule is COC(=O)CC#Cc1cnc(F)c(C)c1. The van der Waals surface area contributed by atoms with Crippen LogP contribution in [0, 0.1) is 24.7 Å². The van der Waals surface area contributed by atoms with Crippen molar-refractivity contribution < 1.29 is 13.9 Å². The van der Waals surface area contributed by atoms with Crippen molar-refractivity contribution in [3.8, 4) is 11.8 Å². The van der Waals surface area contributed by atoms with E-state index in [1.807, 2.05) is 0 Å². The molecule has 0 amide bonds. The van der Waals surface area contributed by atoms with Gasteiger partial charge in [0.05, 0.1) is 7.11 Å².